The van der Waals surface area contributed by atoms with E-state index in [1.54, 1.807) is 29.1 Å². The molecule has 2 amide bonds. The third kappa shape index (κ3) is 5.04. The van der Waals surface area contributed by atoms with Crippen LogP contribution in [0.5, 0.6) is 0 Å². The van der Waals surface area contributed by atoms with Crippen molar-refractivity contribution in [2.75, 3.05) is 5.32 Å². The molecule has 0 saturated heterocycles. The van der Waals surface area contributed by atoms with Gasteiger partial charge in [-0.05, 0) is 36.6 Å². The topological polar surface area (TPSA) is 62.1 Å². The number of aryl methyl sites for hydroxylation is 1. The number of rotatable bonds is 6. The largest absolute Gasteiger partial charge is 0.348 e. The van der Waals surface area contributed by atoms with Crippen molar-refractivity contribution in [1.29, 1.82) is 0 Å². The van der Waals surface area contributed by atoms with Crippen molar-refractivity contribution in [2.45, 2.75) is 26.9 Å². The zero-order chi connectivity index (χ0) is 19.9. The van der Waals surface area contributed by atoms with Gasteiger partial charge in [-0.3, -0.25) is 9.59 Å². The zero-order valence-corrected chi connectivity index (χ0v) is 16.1. The summed E-state index contributed by atoms with van der Waals surface area (Å²) in [6.45, 7) is 4.66. The van der Waals surface area contributed by atoms with Gasteiger partial charge in [-0.1, -0.05) is 42.5 Å². The fourth-order valence-electron chi connectivity index (χ4n) is 2.84. The molecule has 0 fully saturated rings. The molecule has 0 unspecified atom stereocenters. The summed E-state index contributed by atoms with van der Waals surface area (Å²) in [5, 5.41) is 5.83. The number of nitrogens with zero attached hydrogens (tertiary/aromatic N) is 1. The predicted octanol–water partition coefficient (Wildman–Crippen LogP) is 3.16. The number of amides is 2. The summed E-state index contributed by atoms with van der Waals surface area (Å²) in [5.41, 5.74) is 4.62. The molecule has 5 heteroatoms. The van der Waals surface area contributed by atoms with Crippen LogP contribution in [0.15, 0.2) is 73.1 Å². The second kappa shape index (κ2) is 8.95. The quantitative estimate of drug-likeness (QED) is 0.651. The Morgan fingerprint density at radius 3 is 2.32 bits per heavy atom. The van der Waals surface area contributed by atoms with E-state index in [0.29, 0.717) is 12.1 Å². The maximum absolute atomic E-state index is 12.3. The number of anilines is 1. The van der Waals surface area contributed by atoms with E-state index >= 15 is 0 Å². The van der Waals surface area contributed by atoms with Crippen molar-refractivity contribution < 1.29 is 14.2 Å². The van der Waals surface area contributed by atoms with E-state index in [9.17, 15) is 9.59 Å². The molecular formula is C23H24N3O2+. The molecule has 0 aliphatic rings. The van der Waals surface area contributed by atoms with Gasteiger partial charge in [0.2, 0.25) is 6.54 Å². The van der Waals surface area contributed by atoms with Gasteiger partial charge in [0.25, 0.3) is 11.8 Å². The van der Waals surface area contributed by atoms with E-state index < -0.39 is 0 Å². The number of nitrogens with one attached hydrogen (secondary N) is 2. The van der Waals surface area contributed by atoms with Crippen LogP contribution in [0, 0.1) is 13.8 Å². The van der Waals surface area contributed by atoms with Crippen LogP contribution in [0.4, 0.5) is 5.69 Å². The molecule has 0 atom stereocenters. The average molecular weight is 374 g/mol. The van der Waals surface area contributed by atoms with Crippen LogP contribution in [0.3, 0.4) is 0 Å². The molecule has 5 nitrogen and oxygen atoms in total. The van der Waals surface area contributed by atoms with Crippen molar-refractivity contribution in [3.8, 4) is 0 Å². The van der Waals surface area contributed by atoms with Crippen LogP contribution >= 0.6 is 0 Å². The van der Waals surface area contributed by atoms with Crippen molar-refractivity contribution in [1.82, 2.24) is 5.32 Å². The van der Waals surface area contributed by atoms with Crippen LogP contribution in [-0.4, -0.2) is 11.8 Å². The van der Waals surface area contributed by atoms with E-state index in [1.165, 1.54) is 0 Å². The van der Waals surface area contributed by atoms with Gasteiger partial charge in [-0.2, -0.15) is 4.57 Å². The first-order chi connectivity index (χ1) is 13.5. The lowest BCUT2D eigenvalue weighted by Gasteiger charge is -2.09. The maximum atomic E-state index is 12.3. The molecule has 0 bridgehead atoms. The summed E-state index contributed by atoms with van der Waals surface area (Å²) in [6.07, 6.45) is 3.47. The van der Waals surface area contributed by atoms with E-state index in [1.807, 2.05) is 62.4 Å². The van der Waals surface area contributed by atoms with Gasteiger partial charge >= 0.3 is 0 Å². The maximum Gasteiger partial charge on any atom is 0.290 e. The lowest BCUT2D eigenvalue weighted by Crippen LogP contribution is -2.40. The number of pyridine rings is 1. The molecule has 142 valence electrons. The van der Waals surface area contributed by atoms with Gasteiger partial charge in [0.05, 0.1) is 5.56 Å². The van der Waals surface area contributed by atoms with E-state index in [4.69, 9.17) is 0 Å². The smallest absolute Gasteiger partial charge is 0.290 e. The Morgan fingerprint density at radius 1 is 0.893 bits per heavy atom. The first-order valence-corrected chi connectivity index (χ1v) is 9.20. The van der Waals surface area contributed by atoms with E-state index in [2.05, 4.69) is 10.6 Å². The highest BCUT2D eigenvalue weighted by Gasteiger charge is 2.13. The number of carbonyl (C=O) groups excluding carboxylic acids is 2. The SMILES string of the molecule is Cc1cccc(NC(=O)C[n+]2ccc(C(=O)NCc3ccccc3)cc2)c1C. The zero-order valence-electron chi connectivity index (χ0n) is 16.1. The van der Waals surface area contributed by atoms with Crippen molar-refractivity contribution in [3.63, 3.8) is 0 Å². The fraction of sp³-hybridized carbons (Fsp3) is 0.174. The third-order valence-corrected chi connectivity index (χ3v) is 4.65. The molecule has 2 aromatic carbocycles. The standard InChI is InChI=1S/C23H23N3O2/c1-17-7-6-10-21(18(17)2)25-22(27)16-26-13-11-20(12-14-26)23(28)24-15-19-8-4-3-5-9-19/h3-14H,15-16H2,1-2H3,(H-,24,25,27,28)/p+1. The van der Waals surface area contributed by atoms with Crippen molar-refractivity contribution in [3.05, 3.63) is 95.3 Å². The molecule has 3 rings (SSSR count). The van der Waals surface area contributed by atoms with E-state index in [0.717, 1.165) is 22.4 Å². The van der Waals surface area contributed by atoms with Crippen LogP contribution in [0.1, 0.15) is 27.0 Å². The Balaban J connectivity index is 1.55. The molecule has 28 heavy (non-hydrogen) atoms. The lowest BCUT2D eigenvalue weighted by molar-refractivity contribution is -0.684. The molecular weight excluding hydrogens is 350 g/mol. The van der Waals surface area contributed by atoms with Gasteiger partial charge in [0, 0.05) is 24.4 Å². The monoisotopic (exact) mass is 374 g/mol. The fourth-order valence-corrected chi connectivity index (χ4v) is 2.84. The number of hydrogen-bond donors (Lipinski definition) is 2. The first kappa shape index (κ1) is 19.3. The molecule has 0 aliphatic heterocycles. The Kier molecular flexibility index (Phi) is 6.17. The molecule has 0 radical (unpaired) electrons. The number of carbonyl (C=O) groups is 2. The molecule has 3 aromatic rings. The predicted molar refractivity (Wildman–Crippen MR) is 109 cm³/mol. The van der Waals surface area contributed by atoms with Gasteiger partial charge < -0.3 is 10.6 Å². The molecule has 1 aromatic heterocycles. The van der Waals surface area contributed by atoms with Gasteiger partial charge in [0.1, 0.15) is 0 Å². The Hall–Kier alpha value is -3.47. The minimum Gasteiger partial charge on any atom is -0.348 e. The summed E-state index contributed by atoms with van der Waals surface area (Å²) in [5.74, 6) is -0.254. The summed E-state index contributed by atoms with van der Waals surface area (Å²) < 4.78 is 1.74. The Labute approximate surface area is 165 Å². The molecule has 1 heterocycles. The Bertz CT molecular complexity index is 967. The minimum absolute atomic E-state index is 0.111. The van der Waals surface area contributed by atoms with Crippen LogP contribution in [0.2, 0.25) is 0 Å². The van der Waals surface area contributed by atoms with Gasteiger partial charge in [0.15, 0.2) is 12.4 Å². The average Bonchev–Trinajstić information content (AvgIpc) is 2.71. The molecule has 0 saturated carbocycles. The van der Waals surface area contributed by atoms with E-state index in [-0.39, 0.29) is 18.4 Å². The number of hydrogen-bond acceptors (Lipinski definition) is 2. The van der Waals surface area contributed by atoms with Crippen LogP contribution < -0.4 is 15.2 Å². The summed E-state index contributed by atoms with van der Waals surface area (Å²) in [6, 6.07) is 19.0. The van der Waals surface area contributed by atoms with Crippen LogP contribution in [0.25, 0.3) is 0 Å². The van der Waals surface area contributed by atoms with Gasteiger partial charge in [-0.15, -0.1) is 0 Å². The summed E-state index contributed by atoms with van der Waals surface area (Å²) >= 11 is 0. The summed E-state index contributed by atoms with van der Waals surface area (Å²) in [4.78, 5) is 24.6. The number of benzene rings is 2. The highest BCUT2D eigenvalue weighted by Crippen LogP contribution is 2.17. The minimum atomic E-state index is -0.143. The normalized spacial score (nSPS) is 10.4. The van der Waals surface area contributed by atoms with Crippen LogP contribution in [-0.2, 0) is 17.9 Å². The second-order valence-electron chi connectivity index (χ2n) is 6.72. The molecule has 0 aliphatic carbocycles. The highest BCUT2D eigenvalue weighted by molar-refractivity contribution is 5.94. The lowest BCUT2D eigenvalue weighted by atomic mass is 10.1. The van der Waals surface area contributed by atoms with Crippen molar-refractivity contribution in [2.24, 2.45) is 0 Å². The van der Waals surface area contributed by atoms with Gasteiger partial charge in [-0.25, -0.2) is 0 Å². The molecule has 2 N–H and O–H groups in total. The summed E-state index contributed by atoms with van der Waals surface area (Å²) in [7, 11) is 0. The first-order valence-electron chi connectivity index (χ1n) is 9.20. The van der Waals surface area contributed by atoms with Crippen molar-refractivity contribution >= 4 is 17.5 Å². The number of aromatic nitrogens is 1. The highest BCUT2D eigenvalue weighted by atomic mass is 16.2. The second-order valence-corrected chi connectivity index (χ2v) is 6.72. The third-order valence-electron chi connectivity index (χ3n) is 4.65. The Morgan fingerprint density at radius 2 is 1.61 bits per heavy atom. The molecule has 0 spiro atoms.